The normalized spacial score (nSPS) is 15.1. The van der Waals surface area contributed by atoms with Crippen molar-refractivity contribution in [1.29, 1.82) is 0 Å². The highest BCUT2D eigenvalue weighted by Crippen LogP contribution is 2.54. The number of benzene rings is 2. The van der Waals surface area contributed by atoms with Crippen LogP contribution in [-0.2, 0) is 35.3 Å². The molecule has 0 radical (unpaired) electrons. The smallest absolute Gasteiger partial charge is 0.407 e. The van der Waals surface area contributed by atoms with Crippen molar-refractivity contribution in [2.45, 2.75) is 58.8 Å². The van der Waals surface area contributed by atoms with Gasteiger partial charge in [0.15, 0.2) is 0 Å². The Hall–Kier alpha value is -5.55. The van der Waals surface area contributed by atoms with E-state index in [1.54, 1.807) is 12.3 Å². The van der Waals surface area contributed by atoms with Crippen LogP contribution < -0.4 is 16.0 Å². The van der Waals surface area contributed by atoms with Crippen LogP contribution in [0.1, 0.15) is 51.4 Å². The Morgan fingerprint density at radius 1 is 0.902 bits per heavy atom. The predicted molar refractivity (Wildman–Crippen MR) is 233 cm³/mol. The molecule has 1 aliphatic heterocycles. The van der Waals surface area contributed by atoms with Crippen molar-refractivity contribution >= 4 is 44.8 Å². The van der Waals surface area contributed by atoms with E-state index in [-0.39, 0.29) is 38.2 Å². The van der Waals surface area contributed by atoms with Crippen LogP contribution in [0.15, 0.2) is 72.9 Å². The van der Waals surface area contributed by atoms with Gasteiger partial charge in [-0.3, -0.25) is 38.0 Å². The molecule has 0 unspecified atom stereocenters. The van der Waals surface area contributed by atoms with Crippen molar-refractivity contribution in [3.63, 3.8) is 0 Å². The van der Waals surface area contributed by atoms with Crippen LogP contribution in [0.25, 0.3) is 11.1 Å². The van der Waals surface area contributed by atoms with E-state index < -0.39 is 86.6 Å². The van der Waals surface area contributed by atoms with Crippen LogP contribution in [0.4, 0.5) is 13.6 Å². The summed E-state index contributed by atoms with van der Waals surface area (Å²) in [6, 6.07) is 11.1. The minimum atomic E-state index is -2.05. The second-order valence-corrected chi connectivity index (χ2v) is 26.7. The van der Waals surface area contributed by atoms with Crippen LogP contribution in [0, 0.1) is 17.0 Å². The number of nitrogens with one attached hydrogen (secondary N) is 3. The van der Waals surface area contributed by atoms with E-state index >= 15 is 4.39 Å². The minimum absolute atomic E-state index is 0.0174. The van der Waals surface area contributed by atoms with E-state index in [4.69, 9.17) is 4.74 Å². The molecule has 0 aliphatic carbocycles. The SMILES string of the molecule is C[C@H](C(=O)NCCNC(=O)[C@H](CCN(C(=O)CO)[C@@H](c1cc(-c2cc(F)ccc2F)cn1Cc1ccccc1)C(C)(C)C)NC(=O)OCC[SH](C)(C)(C)C)N1C(=O)C=CC1=O. The quantitative estimate of drug-likeness (QED) is 0.0682. The largest absolute Gasteiger partial charge is 0.449 e. The third-order valence-corrected chi connectivity index (χ3v) is 12.0. The van der Waals surface area contributed by atoms with Crippen LogP contribution in [0.5, 0.6) is 0 Å². The molecule has 14 nitrogen and oxygen atoms in total. The number of aromatic nitrogens is 1. The zero-order chi connectivity index (χ0) is 45.3. The van der Waals surface area contributed by atoms with Crippen molar-refractivity contribution in [3.8, 4) is 11.1 Å². The number of nitrogens with zero attached hydrogens (tertiary/aromatic N) is 3. The van der Waals surface area contributed by atoms with Gasteiger partial charge in [0.2, 0.25) is 17.7 Å². The summed E-state index contributed by atoms with van der Waals surface area (Å²) in [6.45, 7) is 6.22. The number of aliphatic hydroxyl groups is 1. The maximum absolute atomic E-state index is 15.2. The number of carbonyl (C=O) groups excluding carboxylic acids is 6. The number of ether oxygens (including phenoxy) is 1. The van der Waals surface area contributed by atoms with Gasteiger partial charge in [0.1, 0.15) is 30.3 Å². The Labute approximate surface area is 356 Å². The number of aliphatic hydroxyl groups excluding tert-OH is 1. The molecule has 334 valence electrons. The molecule has 1 aromatic heterocycles. The van der Waals surface area contributed by atoms with Gasteiger partial charge in [-0.15, -0.1) is 0 Å². The molecule has 2 aromatic carbocycles. The Balaban J connectivity index is 1.63. The number of hydrogen-bond acceptors (Lipinski definition) is 8. The average molecular weight is 871 g/mol. The molecule has 4 rings (SSSR count). The van der Waals surface area contributed by atoms with Crippen molar-refractivity contribution < 1.29 is 47.4 Å². The van der Waals surface area contributed by atoms with Gasteiger partial charge < -0.3 is 35.3 Å². The van der Waals surface area contributed by atoms with Gasteiger partial charge in [0.25, 0.3) is 11.8 Å². The molecule has 0 spiro atoms. The summed E-state index contributed by atoms with van der Waals surface area (Å²) in [5.41, 5.74) is 1.06. The molecule has 4 N–H and O–H groups in total. The van der Waals surface area contributed by atoms with Gasteiger partial charge in [-0.25, -0.2) is 13.6 Å². The third kappa shape index (κ3) is 13.7. The first-order valence-electron chi connectivity index (χ1n) is 20.1. The van der Waals surface area contributed by atoms with Crippen molar-refractivity contribution in [3.05, 3.63) is 95.8 Å². The number of amides is 6. The highest BCUT2D eigenvalue weighted by Gasteiger charge is 2.38. The lowest BCUT2D eigenvalue weighted by atomic mass is 9.82. The van der Waals surface area contributed by atoms with Gasteiger partial charge in [0, 0.05) is 61.3 Å². The third-order valence-electron chi connectivity index (χ3n) is 10.1. The van der Waals surface area contributed by atoms with Crippen molar-refractivity contribution in [2.24, 2.45) is 5.41 Å². The summed E-state index contributed by atoms with van der Waals surface area (Å²) in [4.78, 5) is 79.8. The molecule has 0 saturated heterocycles. The summed E-state index contributed by atoms with van der Waals surface area (Å²) >= 11 is 0. The van der Waals surface area contributed by atoms with Gasteiger partial charge in [0.05, 0.1) is 12.6 Å². The summed E-state index contributed by atoms with van der Waals surface area (Å²) in [5.74, 6) is -3.85. The van der Waals surface area contributed by atoms with E-state index in [0.29, 0.717) is 23.6 Å². The number of alkyl carbamates (subject to hydrolysis) is 1. The number of carbonyl (C=O) groups is 6. The zero-order valence-corrected chi connectivity index (χ0v) is 37.1. The molecule has 17 heteroatoms. The molecular formula is C44H60F2N6O8S. The summed E-state index contributed by atoms with van der Waals surface area (Å²) < 4.78 is 37.0. The van der Waals surface area contributed by atoms with E-state index in [1.165, 1.54) is 11.8 Å². The van der Waals surface area contributed by atoms with Gasteiger partial charge >= 0.3 is 6.09 Å². The molecule has 61 heavy (non-hydrogen) atoms. The van der Waals surface area contributed by atoms with Gasteiger partial charge in [-0.05, 0) is 79.4 Å². The molecule has 3 aromatic rings. The zero-order valence-electron chi connectivity index (χ0n) is 36.2. The minimum Gasteiger partial charge on any atom is -0.449 e. The number of imide groups is 1. The number of halogens is 2. The number of thiol groups is 1. The monoisotopic (exact) mass is 870 g/mol. The first-order valence-corrected chi connectivity index (χ1v) is 24.3. The number of rotatable bonds is 19. The molecule has 6 amide bonds. The molecule has 3 atom stereocenters. The van der Waals surface area contributed by atoms with E-state index in [2.05, 4.69) is 41.0 Å². The summed E-state index contributed by atoms with van der Waals surface area (Å²) in [6.07, 6.45) is 11.3. The number of hydrogen-bond donors (Lipinski definition) is 5. The molecule has 1 aliphatic rings. The van der Waals surface area contributed by atoms with Crippen molar-refractivity contribution in [2.75, 3.05) is 63.6 Å². The topological polar surface area (TPSA) is 179 Å². The Morgan fingerprint density at radius 2 is 1.52 bits per heavy atom. The lowest BCUT2D eigenvalue weighted by Crippen LogP contribution is -2.52. The van der Waals surface area contributed by atoms with Gasteiger partial charge in [-0.2, -0.15) is 0 Å². The molecule has 0 saturated carbocycles. The first kappa shape index (κ1) is 48.1. The van der Waals surface area contributed by atoms with E-state index in [9.17, 15) is 38.3 Å². The molecule has 0 bridgehead atoms. The van der Waals surface area contributed by atoms with Crippen molar-refractivity contribution in [1.82, 2.24) is 30.3 Å². The highest BCUT2D eigenvalue weighted by atomic mass is 32.3. The Kier molecular flexibility index (Phi) is 15.7. The van der Waals surface area contributed by atoms with Crippen LogP contribution in [0.3, 0.4) is 0 Å². The van der Waals surface area contributed by atoms with Crippen LogP contribution >= 0.6 is 9.16 Å². The summed E-state index contributed by atoms with van der Waals surface area (Å²) in [7, 11) is -2.05. The molecular weight excluding hydrogens is 811 g/mol. The average Bonchev–Trinajstić information content (AvgIpc) is 3.74. The lowest BCUT2D eigenvalue weighted by Gasteiger charge is -2.46. The first-order chi connectivity index (χ1) is 28.4. The van der Waals surface area contributed by atoms with Crippen LogP contribution in [0.2, 0.25) is 0 Å². The van der Waals surface area contributed by atoms with E-state index in [1.807, 2.05) is 55.7 Å². The predicted octanol–water partition coefficient (Wildman–Crippen LogP) is 4.01. The Morgan fingerprint density at radius 3 is 2.11 bits per heavy atom. The fourth-order valence-electron chi connectivity index (χ4n) is 6.88. The summed E-state index contributed by atoms with van der Waals surface area (Å²) in [5, 5.41) is 18.2. The maximum Gasteiger partial charge on any atom is 0.407 e. The maximum atomic E-state index is 15.2. The highest BCUT2D eigenvalue weighted by molar-refractivity contribution is 8.47. The van der Waals surface area contributed by atoms with Gasteiger partial charge in [-0.1, -0.05) is 51.1 Å². The standard InChI is InChI=1S/C44H60F2N6O8S/c1-29(52-37(54)16-17-38(52)55)41(57)47-19-20-48-42(58)35(49-43(59)60-22-23-61(5,6,7)8)18-21-51(39(56)28-53)40(44(2,3)4)36-24-31(33-25-32(45)14-15-34(33)46)27-50(36)26-30-12-10-9-11-13-30/h9-17,24-25,27,29,35,40,53,61H,18-23,26,28H2,1-8H3,(H,47,57)(H,48,58)(H,49,59)/t29-,35+,40+/m1/s1. The second-order valence-electron chi connectivity index (χ2n) is 18.3. The second kappa shape index (κ2) is 19.9. The fraction of sp³-hybridized carbons (Fsp3) is 0.455. The van der Waals surface area contributed by atoms with E-state index in [0.717, 1.165) is 40.8 Å². The lowest BCUT2D eigenvalue weighted by molar-refractivity contribution is -0.144. The fourth-order valence-corrected chi connectivity index (χ4v) is 7.70. The Bertz CT molecular complexity index is 2100. The van der Waals surface area contributed by atoms with Crippen LogP contribution in [-0.4, -0.2) is 131 Å². The molecule has 2 heterocycles. The molecule has 0 fully saturated rings.